The fourth-order valence-electron chi connectivity index (χ4n) is 2.41. The molecule has 0 bridgehead atoms. The van der Waals surface area contributed by atoms with E-state index in [4.69, 9.17) is 4.74 Å². The third-order valence-corrected chi connectivity index (χ3v) is 3.73. The number of rotatable bonds is 6. The number of carbonyl (C=O) groups excluding carboxylic acids is 2. The van der Waals surface area contributed by atoms with Crippen molar-refractivity contribution in [3.63, 3.8) is 0 Å². The van der Waals surface area contributed by atoms with Gasteiger partial charge in [0.15, 0.2) is 6.10 Å². The standard InChI is InChI=1S/C18H21N3O4/c1-5-9-19-16(22)12(4)25-18(24)13-7-8-15-14(10-13)20-11(3)17(23)21(15)6-2/h5,7-8,10,12H,1,6,9H2,2-4H3,(H,19,22). The average Bonchev–Trinajstić information content (AvgIpc) is 2.60. The maximum absolute atomic E-state index is 12.3. The van der Waals surface area contributed by atoms with E-state index in [2.05, 4.69) is 16.9 Å². The summed E-state index contributed by atoms with van der Waals surface area (Å²) in [6, 6.07) is 4.78. The molecule has 0 fully saturated rings. The van der Waals surface area contributed by atoms with Gasteiger partial charge in [-0.25, -0.2) is 9.78 Å². The Morgan fingerprint density at radius 3 is 2.80 bits per heavy atom. The summed E-state index contributed by atoms with van der Waals surface area (Å²) in [7, 11) is 0. The molecule has 0 aliphatic heterocycles. The highest BCUT2D eigenvalue weighted by atomic mass is 16.5. The molecule has 7 heteroatoms. The van der Waals surface area contributed by atoms with Gasteiger partial charge in [0.05, 0.1) is 16.6 Å². The molecule has 2 rings (SSSR count). The zero-order chi connectivity index (χ0) is 18.6. The van der Waals surface area contributed by atoms with E-state index in [9.17, 15) is 14.4 Å². The number of aromatic nitrogens is 2. The van der Waals surface area contributed by atoms with Gasteiger partial charge in [-0.2, -0.15) is 0 Å². The molecule has 1 atom stereocenters. The minimum absolute atomic E-state index is 0.155. The number of benzene rings is 1. The topological polar surface area (TPSA) is 90.3 Å². The normalized spacial score (nSPS) is 11.8. The monoisotopic (exact) mass is 343 g/mol. The van der Waals surface area contributed by atoms with Crippen molar-refractivity contribution < 1.29 is 14.3 Å². The van der Waals surface area contributed by atoms with Crippen LogP contribution in [0.4, 0.5) is 0 Å². The second-order valence-corrected chi connectivity index (χ2v) is 5.53. The van der Waals surface area contributed by atoms with Crippen molar-refractivity contribution in [3.05, 3.63) is 52.5 Å². The van der Waals surface area contributed by atoms with E-state index in [0.717, 1.165) is 0 Å². The second kappa shape index (κ2) is 7.74. The summed E-state index contributed by atoms with van der Waals surface area (Å²) in [5.41, 5.74) is 1.64. The number of nitrogens with zero attached hydrogens (tertiary/aromatic N) is 2. The van der Waals surface area contributed by atoms with E-state index in [1.54, 1.807) is 29.7 Å². The molecule has 1 aromatic heterocycles. The van der Waals surface area contributed by atoms with Crippen LogP contribution in [0.15, 0.2) is 35.6 Å². The molecule has 1 unspecified atom stereocenters. The molecule has 1 aromatic carbocycles. The van der Waals surface area contributed by atoms with E-state index < -0.39 is 18.0 Å². The van der Waals surface area contributed by atoms with Crippen molar-refractivity contribution >= 4 is 22.9 Å². The lowest BCUT2D eigenvalue weighted by molar-refractivity contribution is -0.128. The first kappa shape index (κ1) is 18.4. The third kappa shape index (κ3) is 3.93. The Balaban J connectivity index is 2.28. The number of aryl methyl sites for hydroxylation is 2. The van der Waals surface area contributed by atoms with E-state index >= 15 is 0 Å². The largest absolute Gasteiger partial charge is 0.449 e. The van der Waals surface area contributed by atoms with Crippen LogP contribution >= 0.6 is 0 Å². The lowest BCUT2D eigenvalue weighted by Gasteiger charge is -2.13. The Labute approximate surface area is 145 Å². The number of hydrogen-bond acceptors (Lipinski definition) is 5. The smallest absolute Gasteiger partial charge is 0.338 e. The summed E-state index contributed by atoms with van der Waals surface area (Å²) >= 11 is 0. The van der Waals surface area contributed by atoms with Crippen molar-refractivity contribution in [2.75, 3.05) is 6.54 Å². The lowest BCUT2D eigenvalue weighted by Crippen LogP contribution is -2.35. The first-order chi connectivity index (χ1) is 11.9. The highest BCUT2D eigenvalue weighted by Gasteiger charge is 2.19. The van der Waals surface area contributed by atoms with Crippen molar-refractivity contribution in [3.8, 4) is 0 Å². The molecule has 0 saturated carbocycles. The van der Waals surface area contributed by atoms with Crippen molar-refractivity contribution in [2.45, 2.75) is 33.4 Å². The van der Waals surface area contributed by atoms with Crippen LogP contribution in [-0.4, -0.2) is 34.1 Å². The van der Waals surface area contributed by atoms with Gasteiger partial charge in [-0.05, 0) is 39.0 Å². The Morgan fingerprint density at radius 1 is 1.44 bits per heavy atom. The van der Waals surface area contributed by atoms with Crippen LogP contribution in [0.2, 0.25) is 0 Å². The SMILES string of the molecule is C=CCNC(=O)C(C)OC(=O)c1ccc2c(c1)nc(C)c(=O)n2CC. The van der Waals surface area contributed by atoms with E-state index in [-0.39, 0.29) is 11.1 Å². The van der Waals surface area contributed by atoms with Crippen LogP contribution < -0.4 is 10.9 Å². The second-order valence-electron chi connectivity index (χ2n) is 5.53. The van der Waals surface area contributed by atoms with Crippen LogP contribution in [0.1, 0.15) is 29.9 Å². The van der Waals surface area contributed by atoms with Gasteiger partial charge in [-0.3, -0.25) is 9.59 Å². The first-order valence-corrected chi connectivity index (χ1v) is 7.99. The predicted octanol–water partition coefficient (Wildman–Crippen LogP) is 1.57. The van der Waals surface area contributed by atoms with Gasteiger partial charge >= 0.3 is 5.97 Å². The quantitative estimate of drug-likeness (QED) is 0.635. The maximum atomic E-state index is 12.3. The number of carbonyl (C=O) groups is 2. The Morgan fingerprint density at radius 2 is 2.16 bits per heavy atom. The number of hydrogen-bond donors (Lipinski definition) is 1. The molecule has 132 valence electrons. The fourth-order valence-corrected chi connectivity index (χ4v) is 2.41. The minimum Gasteiger partial charge on any atom is -0.449 e. The van der Waals surface area contributed by atoms with Crippen molar-refractivity contribution in [2.24, 2.45) is 0 Å². The van der Waals surface area contributed by atoms with Crippen LogP contribution in [0.5, 0.6) is 0 Å². The molecular weight excluding hydrogens is 322 g/mol. The third-order valence-electron chi connectivity index (χ3n) is 3.73. The summed E-state index contributed by atoms with van der Waals surface area (Å²) in [6.45, 7) is 9.30. The average molecular weight is 343 g/mol. The van der Waals surface area contributed by atoms with E-state index in [0.29, 0.717) is 29.8 Å². The fraction of sp³-hybridized carbons (Fsp3) is 0.333. The predicted molar refractivity (Wildman–Crippen MR) is 94.5 cm³/mol. The number of ether oxygens (including phenoxy) is 1. The number of esters is 1. The van der Waals surface area contributed by atoms with E-state index in [1.165, 1.54) is 13.0 Å². The molecule has 0 saturated heterocycles. The summed E-state index contributed by atoms with van der Waals surface area (Å²) < 4.78 is 6.77. The van der Waals surface area contributed by atoms with Crippen LogP contribution in [0.25, 0.3) is 11.0 Å². The van der Waals surface area contributed by atoms with Gasteiger partial charge in [0.25, 0.3) is 11.5 Å². The van der Waals surface area contributed by atoms with Gasteiger partial charge in [-0.1, -0.05) is 6.08 Å². The summed E-state index contributed by atoms with van der Waals surface area (Å²) in [5, 5.41) is 2.56. The van der Waals surface area contributed by atoms with Crippen molar-refractivity contribution in [1.82, 2.24) is 14.9 Å². The molecule has 0 aliphatic rings. The Hall–Kier alpha value is -2.96. The van der Waals surface area contributed by atoms with Gasteiger partial charge < -0.3 is 14.6 Å². The summed E-state index contributed by atoms with van der Waals surface area (Å²) in [6.07, 6.45) is 0.610. The summed E-state index contributed by atoms with van der Waals surface area (Å²) in [4.78, 5) is 40.4. The molecule has 1 amide bonds. The minimum atomic E-state index is -0.928. The Bertz CT molecular complexity index is 886. The number of fused-ring (bicyclic) bond motifs is 1. The molecule has 0 radical (unpaired) electrons. The lowest BCUT2D eigenvalue weighted by atomic mass is 10.2. The number of nitrogens with one attached hydrogen (secondary N) is 1. The van der Waals surface area contributed by atoms with Crippen LogP contribution in [0, 0.1) is 6.92 Å². The molecular formula is C18H21N3O4. The van der Waals surface area contributed by atoms with Crippen molar-refractivity contribution in [1.29, 1.82) is 0 Å². The van der Waals surface area contributed by atoms with Gasteiger partial charge in [0.1, 0.15) is 5.69 Å². The van der Waals surface area contributed by atoms with Gasteiger partial charge in [0, 0.05) is 13.1 Å². The molecule has 0 aliphatic carbocycles. The molecule has 1 heterocycles. The summed E-state index contributed by atoms with van der Waals surface area (Å²) in [5.74, 6) is -1.03. The Kier molecular flexibility index (Phi) is 5.69. The first-order valence-electron chi connectivity index (χ1n) is 7.99. The molecule has 2 aromatic rings. The van der Waals surface area contributed by atoms with Gasteiger partial charge in [-0.15, -0.1) is 6.58 Å². The van der Waals surface area contributed by atoms with Crippen LogP contribution in [-0.2, 0) is 16.1 Å². The molecule has 1 N–H and O–H groups in total. The maximum Gasteiger partial charge on any atom is 0.338 e. The molecule has 25 heavy (non-hydrogen) atoms. The van der Waals surface area contributed by atoms with Gasteiger partial charge in [0.2, 0.25) is 0 Å². The van der Waals surface area contributed by atoms with Crippen LogP contribution in [0.3, 0.4) is 0 Å². The zero-order valence-corrected chi connectivity index (χ0v) is 14.5. The zero-order valence-electron chi connectivity index (χ0n) is 14.5. The highest BCUT2D eigenvalue weighted by molar-refractivity contribution is 5.95. The number of amides is 1. The molecule has 7 nitrogen and oxygen atoms in total. The van der Waals surface area contributed by atoms with E-state index in [1.807, 2.05) is 6.92 Å². The molecule has 0 spiro atoms. The highest BCUT2D eigenvalue weighted by Crippen LogP contribution is 2.15.